The Hall–Kier alpha value is -0.650. The van der Waals surface area contributed by atoms with E-state index in [0.717, 1.165) is 45.2 Å². The molecule has 0 aromatic carbocycles. The Labute approximate surface area is 115 Å². The molecule has 112 valence electrons. The minimum absolute atomic E-state index is 0.116. The molecule has 0 aliphatic heterocycles. The minimum atomic E-state index is -0.660. The maximum absolute atomic E-state index is 11.5. The van der Waals surface area contributed by atoms with Crippen molar-refractivity contribution in [1.82, 2.24) is 4.90 Å². The average molecular weight is 273 g/mol. The molecule has 1 saturated carbocycles. The lowest BCUT2D eigenvalue weighted by atomic mass is 9.93. The number of carbonyl (C=O) groups is 1. The predicted octanol–water partition coefficient (Wildman–Crippen LogP) is 1.61. The van der Waals surface area contributed by atoms with Crippen molar-refractivity contribution < 1.29 is 19.4 Å². The molecule has 0 aromatic heterocycles. The largest absolute Gasteiger partial charge is 0.481 e. The molecule has 1 fully saturated rings. The Bertz CT molecular complexity index is 252. The number of ether oxygens (including phenoxy) is 2. The van der Waals surface area contributed by atoms with Gasteiger partial charge in [0.05, 0.1) is 19.1 Å². The van der Waals surface area contributed by atoms with E-state index in [1.165, 1.54) is 0 Å². The molecule has 1 rings (SSSR count). The summed E-state index contributed by atoms with van der Waals surface area (Å²) in [5.41, 5.74) is 0. The molecule has 0 radical (unpaired) electrons. The lowest BCUT2D eigenvalue weighted by Gasteiger charge is -2.34. The zero-order valence-electron chi connectivity index (χ0n) is 12.1. The summed E-state index contributed by atoms with van der Waals surface area (Å²) < 4.78 is 10.3. The smallest absolute Gasteiger partial charge is 0.308 e. The number of rotatable bonds is 8. The molecular formula is C14H27NO4. The van der Waals surface area contributed by atoms with Gasteiger partial charge in [-0.05, 0) is 12.8 Å². The van der Waals surface area contributed by atoms with Crippen LogP contribution in [0.2, 0.25) is 0 Å². The molecule has 2 atom stereocenters. The molecule has 5 nitrogen and oxygen atoms in total. The number of hydrogen-bond acceptors (Lipinski definition) is 4. The van der Waals surface area contributed by atoms with Gasteiger partial charge >= 0.3 is 5.97 Å². The number of hydrogen-bond donors (Lipinski definition) is 1. The van der Waals surface area contributed by atoms with Gasteiger partial charge in [0.2, 0.25) is 0 Å². The summed E-state index contributed by atoms with van der Waals surface area (Å²) >= 11 is 0. The molecular weight excluding hydrogens is 246 g/mol. The van der Waals surface area contributed by atoms with E-state index < -0.39 is 5.97 Å². The van der Waals surface area contributed by atoms with Crippen LogP contribution in [0, 0.1) is 5.92 Å². The van der Waals surface area contributed by atoms with Crippen molar-refractivity contribution in [3.05, 3.63) is 0 Å². The molecule has 0 saturated heterocycles. The highest BCUT2D eigenvalue weighted by molar-refractivity contribution is 5.70. The van der Waals surface area contributed by atoms with Crippen LogP contribution in [0.25, 0.3) is 0 Å². The lowest BCUT2D eigenvalue weighted by Crippen LogP contribution is -2.46. The van der Waals surface area contributed by atoms with E-state index >= 15 is 0 Å². The van der Waals surface area contributed by atoms with Gasteiger partial charge in [0.25, 0.3) is 0 Å². The Morgan fingerprint density at radius 2 is 1.68 bits per heavy atom. The number of carboxylic acid groups (broad SMARTS) is 1. The number of aliphatic carboxylic acids is 1. The quantitative estimate of drug-likeness (QED) is 0.681. The van der Waals surface area contributed by atoms with Crippen molar-refractivity contribution in [2.24, 2.45) is 5.92 Å². The summed E-state index contributed by atoms with van der Waals surface area (Å²) in [5, 5.41) is 9.44. The normalized spacial score (nSPS) is 24.4. The van der Waals surface area contributed by atoms with Crippen LogP contribution >= 0.6 is 0 Å². The van der Waals surface area contributed by atoms with Crippen molar-refractivity contribution in [2.75, 3.05) is 40.5 Å². The molecule has 1 aliphatic rings. The SMILES string of the molecule is COCCN(CCOC)C1CCCCCC1C(=O)O. The predicted molar refractivity (Wildman–Crippen MR) is 73.3 cm³/mol. The van der Waals surface area contributed by atoms with Gasteiger partial charge in [-0.15, -0.1) is 0 Å². The number of nitrogens with zero attached hydrogens (tertiary/aromatic N) is 1. The van der Waals surface area contributed by atoms with E-state index in [9.17, 15) is 9.90 Å². The van der Waals surface area contributed by atoms with Gasteiger partial charge in [0, 0.05) is 33.4 Å². The second kappa shape index (κ2) is 9.28. The first-order chi connectivity index (χ1) is 9.20. The summed E-state index contributed by atoms with van der Waals surface area (Å²) in [6, 6.07) is 0.116. The van der Waals surface area contributed by atoms with Crippen LogP contribution < -0.4 is 0 Å². The summed E-state index contributed by atoms with van der Waals surface area (Å²) in [4.78, 5) is 13.7. The van der Waals surface area contributed by atoms with Crippen LogP contribution in [0.15, 0.2) is 0 Å². The topological polar surface area (TPSA) is 59.0 Å². The monoisotopic (exact) mass is 273 g/mol. The summed E-state index contributed by atoms with van der Waals surface area (Å²) in [7, 11) is 3.35. The highest BCUT2D eigenvalue weighted by Gasteiger charge is 2.33. The second-order valence-corrected chi connectivity index (χ2v) is 5.17. The molecule has 19 heavy (non-hydrogen) atoms. The molecule has 1 N–H and O–H groups in total. The van der Waals surface area contributed by atoms with E-state index in [1.807, 2.05) is 0 Å². The van der Waals surface area contributed by atoms with Crippen LogP contribution in [0.1, 0.15) is 32.1 Å². The maximum Gasteiger partial charge on any atom is 0.308 e. The minimum Gasteiger partial charge on any atom is -0.481 e. The van der Waals surface area contributed by atoms with Crippen molar-refractivity contribution in [2.45, 2.75) is 38.1 Å². The second-order valence-electron chi connectivity index (χ2n) is 5.17. The van der Waals surface area contributed by atoms with Crippen molar-refractivity contribution >= 4 is 5.97 Å². The molecule has 0 heterocycles. The van der Waals surface area contributed by atoms with Crippen LogP contribution in [0.5, 0.6) is 0 Å². The zero-order valence-corrected chi connectivity index (χ0v) is 12.1. The van der Waals surface area contributed by atoms with Crippen molar-refractivity contribution in [3.8, 4) is 0 Å². The zero-order chi connectivity index (χ0) is 14.1. The fourth-order valence-electron chi connectivity index (χ4n) is 2.87. The molecule has 0 spiro atoms. The van der Waals surface area contributed by atoms with E-state index in [1.54, 1.807) is 14.2 Å². The Balaban J connectivity index is 2.71. The fourth-order valence-corrected chi connectivity index (χ4v) is 2.87. The van der Waals surface area contributed by atoms with Gasteiger partial charge < -0.3 is 14.6 Å². The lowest BCUT2D eigenvalue weighted by molar-refractivity contribution is -0.144. The van der Waals surface area contributed by atoms with Crippen LogP contribution in [-0.2, 0) is 14.3 Å². The Morgan fingerprint density at radius 1 is 1.11 bits per heavy atom. The van der Waals surface area contributed by atoms with E-state index in [0.29, 0.717) is 13.2 Å². The molecule has 2 unspecified atom stereocenters. The maximum atomic E-state index is 11.5. The van der Waals surface area contributed by atoms with Gasteiger partial charge in [0.1, 0.15) is 0 Å². The van der Waals surface area contributed by atoms with Gasteiger partial charge in [-0.1, -0.05) is 19.3 Å². The highest BCUT2D eigenvalue weighted by atomic mass is 16.5. The van der Waals surface area contributed by atoms with Gasteiger partial charge in [-0.25, -0.2) is 0 Å². The van der Waals surface area contributed by atoms with Gasteiger partial charge in [-0.3, -0.25) is 9.69 Å². The Kier molecular flexibility index (Phi) is 8.02. The molecule has 1 aliphatic carbocycles. The van der Waals surface area contributed by atoms with Crippen molar-refractivity contribution in [1.29, 1.82) is 0 Å². The van der Waals surface area contributed by atoms with Crippen LogP contribution in [0.3, 0.4) is 0 Å². The van der Waals surface area contributed by atoms with E-state index in [4.69, 9.17) is 9.47 Å². The average Bonchev–Trinajstić information content (AvgIpc) is 2.64. The molecule has 0 aromatic rings. The summed E-state index contributed by atoms with van der Waals surface area (Å²) in [5.74, 6) is -0.914. The third kappa shape index (κ3) is 5.47. The van der Waals surface area contributed by atoms with Crippen LogP contribution in [0.4, 0.5) is 0 Å². The standard InChI is InChI=1S/C14H27NO4/c1-18-10-8-15(9-11-19-2)13-7-5-3-4-6-12(13)14(16)17/h12-13H,3-11H2,1-2H3,(H,16,17). The van der Waals surface area contributed by atoms with Gasteiger partial charge in [-0.2, -0.15) is 0 Å². The first-order valence-electron chi connectivity index (χ1n) is 7.15. The fraction of sp³-hybridized carbons (Fsp3) is 0.929. The third-order valence-electron chi connectivity index (χ3n) is 3.93. The first kappa shape index (κ1) is 16.4. The Morgan fingerprint density at radius 3 is 2.21 bits per heavy atom. The van der Waals surface area contributed by atoms with Crippen LogP contribution in [-0.4, -0.2) is 62.5 Å². The number of methoxy groups -OCH3 is 2. The first-order valence-corrected chi connectivity index (χ1v) is 7.15. The molecule has 5 heteroatoms. The third-order valence-corrected chi connectivity index (χ3v) is 3.93. The van der Waals surface area contributed by atoms with Crippen molar-refractivity contribution in [3.63, 3.8) is 0 Å². The van der Waals surface area contributed by atoms with Gasteiger partial charge in [0.15, 0.2) is 0 Å². The van der Waals surface area contributed by atoms with E-state index in [-0.39, 0.29) is 12.0 Å². The summed E-state index contributed by atoms with van der Waals surface area (Å²) in [6.07, 6.45) is 5.03. The van der Waals surface area contributed by atoms with E-state index in [2.05, 4.69) is 4.90 Å². The molecule has 0 amide bonds. The highest BCUT2D eigenvalue weighted by Crippen LogP contribution is 2.27. The summed E-state index contributed by atoms with van der Waals surface area (Å²) in [6.45, 7) is 2.81. The number of carboxylic acids is 1. The molecule has 0 bridgehead atoms.